The van der Waals surface area contributed by atoms with E-state index in [2.05, 4.69) is 5.32 Å². The Morgan fingerprint density at radius 1 is 1.23 bits per heavy atom. The first-order valence-corrected chi connectivity index (χ1v) is 8.78. The number of rotatable bonds is 5. The smallest absolute Gasteiger partial charge is 0.437 e. The van der Waals surface area contributed by atoms with Crippen LogP contribution in [0.1, 0.15) is 22.0 Å². The van der Waals surface area contributed by atoms with Gasteiger partial charge < -0.3 is 20.5 Å². The van der Waals surface area contributed by atoms with Gasteiger partial charge in [-0.2, -0.15) is 13.2 Å². The Labute approximate surface area is 173 Å². The van der Waals surface area contributed by atoms with Crippen LogP contribution in [0.25, 0.3) is 0 Å². The SMILES string of the molecule is COc1ccc(C(=O)[C@@H]2[C@H](c3cccc([N+](=O)[O-])c3)NC(=O)N[C@@]2(O)C(F)(F)F)cc1. The van der Waals surface area contributed by atoms with Crippen LogP contribution in [0.5, 0.6) is 5.75 Å². The molecular weight excluding hydrogens is 423 g/mol. The number of non-ortho nitro benzene ring substituents is 1. The maximum absolute atomic E-state index is 13.9. The zero-order valence-corrected chi connectivity index (χ0v) is 15.8. The number of halogens is 3. The van der Waals surface area contributed by atoms with E-state index in [0.29, 0.717) is 5.75 Å². The highest BCUT2D eigenvalue weighted by atomic mass is 19.4. The summed E-state index contributed by atoms with van der Waals surface area (Å²) in [5, 5.41) is 25.2. The van der Waals surface area contributed by atoms with Gasteiger partial charge in [-0.1, -0.05) is 12.1 Å². The number of urea groups is 1. The van der Waals surface area contributed by atoms with Gasteiger partial charge in [0.05, 0.1) is 18.1 Å². The molecule has 0 aliphatic carbocycles. The summed E-state index contributed by atoms with van der Waals surface area (Å²) in [6.07, 6.45) is -5.43. The van der Waals surface area contributed by atoms with Crippen LogP contribution in [0.3, 0.4) is 0 Å². The molecule has 3 N–H and O–H groups in total. The van der Waals surface area contributed by atoms with Gasteiger partial charge in [-0.3, -0.25) is 14.9 Å². The minimum atomic E-state index is -5.43. The number of ether oxygens (including phenoxy) is 1. The van der Waals surface area contributed by atoms with E-state index in [9.17, 15) is 38.0 Å². The predicted molar refractivity (Wildman–Crippen MR) is 99.3 cm³/mol. The number of aliphatic hydroxyl groups is 1. The fourth-order valence-electron chi connectivity index (χ4n) is 3.38. The Bertz CT molecular complexity index is 1030. The lowest BCUT2D eigenvalue weighted by atomic mass is 9.77. The first kappa shape index (κ1) is 22.0. The maximum Gasteiger partial charge on any atom is 0.437 e. The van der Waals surface area contributed by atoms with E-state index in [1.165, 1.54) is 48.8 Å². The van der Waals surface area contributed by atoms with Crippen LogP contribution < -0.4 is 15.4 Å². The van der Waals surface area contributed by atoms with E-state index in [-0.39, 0.29) is 11.1 Å². The Morgan fingerprint density at radius 3 is 2.42 bits per heavy atom. The van der Waals surface area contributed by atoms with Gasteiger partial charge in [-0.15, -0.1) is 0 Å². The zero-order valence-electron chi connectivity index (χ0n) is 15.8. The number of benzene rings is 2. The van der Waals surface area contributed by atoms with Gasteiger partial charge in [-0.25, -0.2) is 4.79 Å². The van der Waals surface area contributed by atoms with E-state index in [1.54, 1.807) is 0 Å². The molecule has 164 valence electrons. The number of amides is 2. The Hall–Kier alpha value is -3.67. The third kappa shape index (κ3) is 4.01. The van der Waals surface area contributed by atoms with Crippen LogP contribution in [-0.4, -0.2) is 40.9 Å². The monoisotopic (exact) mass is 439 g/mol. The molecule has 0 saturated carbocycles. The van der Waals surface area contributed by atoms with Crippen molar-refractivity contribution in [3.63, 3.8) is 0 Å². The van der Waals surface area contributed by atoms with E-state index in [1.807, 2.05) is 0 Å². The Balaban J connectivity index is 2.16. The molecule has 1 fully saturated rings. The Kier molecular flexibility index (Phi) is 5.59. The van der Waals surface area contributed by atoms with Gasteiger partial charge in [0.15, 0.2) is 5.78 Å². The standard InChI is InChI=1S/C19H16F3N3O6/c1-31-13-7-5-10(6-8-13)16(26)14-15(11-3-2-4-12(9-11)25(29)30)23-17(27)24-18(14,28)19(20,21)22/h2-9,14-15,28H,1H3,(H2,23,24,27)/t14-,15-,18-/m0/s1. The largest absolute Gasteiger partial charge is 0.497 e. The molecule has 1 saturated heterocycles. The molecule has 0 unspecified atom stereocenters. The molecule has 9 nitrogen and oxygen atoms in total. The van der Waals surface area contributed by atoms with Crippen LogP contribution in [-0.2, 0) is 0 Å². The fraction of sp³-hybridized carbons (Fsp3) is 0.263. The van der Waals surface area contributed by atoms with Gasteiger partial charge in [0.25, 0.3) is 5.69 Å². The summed E-state index contributed by atoms with van der Waals surface area (Å²) >= 11 is 0. The third-order valence-electron chi connectivity index (χ3n) is 4.90. The topological polar surface area (TPSA) is 131 Å². The summed E-state index contributed by atoms with van der Waals surface area (Å²) in [5.41, 5.74) is -4.74. The van der Waals surface area contributed by atoms with Crippen molar-refractivity contribution >= 4 is 17.5 Å². The van der Waals surface area contributed by atoms with Crippen molar-refractivity contribution in [1.29, 1.82) is 0 Å². The summed E-state index contributed by atoms with van der Waals surface area (Å²) in [6, 6.07) is 6.44. The second-order valence-electron chi connectivity index (χ2n) is 6.76. The fourth-order valence-corrected chi connectivity index (χ4v) is 3.38. The minimum Gasteiger partial charge on any atom is -0.497 e. The molecule has 1 heterocycles. The van der Waals surface area contributed by atoms with Crippen molar-refractivity contribution in [3.8, 4) is 5.75 Å². The number of nitrogens with one attached hydrogen (secondary N) is 2. The van der Waals surface area contributed by atoms with Crippen molar-refractivity contribution in [3.05, 3.63) is 69.8 Å². The number of alkyl halides is 3. The highest BCUT2D eigenvalue weighted by Crippen LogP contribution is 2.44. The van der Waals surface area contributed by atoms with Crippen LogP contribution in [0.4, 0.5) is 23.7 Å². The van der Waals surface area contributed by atoms with Crippen molar-refractivity contribution in [1.82, 2.24) is 10.6 Å². The number of ketones is 1. The number of nitro groups is 1. The third-order valence-corrected chi connectivity index (χ3v) is 4.90. The average molecular weight is 439 g/mol. The van der Waals surface area contributed by atoms with Crippen LogP contribution >= 0.6 is 0 Å². The number of methoxy groups -OCH3 is 1. The molecule has 31 heavy (non-hydrogen) atoms. The van der Waals surface area contributed by atoms with Crippen molar-refractivity contribution in [2.75, 3.05) is 7.11 Å². The normalized spacial score (nSPS) is 23.5. The maximum atomic E-state index is 13.9. The molecule has 2 aromatic rings. The van der Waals surface area contributed by atoms with Gasteiger partial charge in [0, 0.05) is 17.7 Å². The second kappa shape index (κ2) is 7.87. The summed E-state index contributed by atoms with van der Waals surface area (Å²) in [6.45, 7) is 0. The molecule has 12 heteroatoms. The molecule has 0 spiro atoms. The number of hydrogen-bond donors (Lipinski definition) is 3. The summed E-state index contributed by atoms with van der Waals surface area (Å²) in [5.74, 6) is -3.10. The van der Waals surface area contributed by atoms with Crippen LogP contribution in [0, 0.1) is 16.0 Å². The van der Waals surface area contributed by atoms with Crippen LogP contribution in [0.2, 0.25) is 0 Å². The lowest BCUT2D eigenvalue weighted by Gasteiger charge is -2.45. The summed E-state index contributed by atoms with van der Waals surface area (Å²) in [4.78, 5) is 35.4. The lowest BCUT2D eigenvalue weighted by molar-refractivity contribution is -0.385. The highest BCUT2D eigenvalue weighted by Gasteiger charge is 2.66. The van der Waals surface area contributed by atoms with Gasteiger partial charge in [0.2, 0.25) is 5.72 Å². The van der Waals surface area contributed by atoms with Crippen molar-refractivity contribution in [2.24, 2.45) is 5.92 Å². The number of nitrogens with zero attached hydrogens (tertiary/aromatic N) is 1. The molecule has 3 rings (SSSR count). The van der Waals surface area contributed by atoms with E-state index in [4.69, 9.17) is 4.74 Å². The molecule has 1 aliphatic heterocycles. The number of nitro benzene ring substituents is 1. The zero-order chi connectivity index (χ0) is 23.0. The Morgan fingerprint density at radius 2 is 1.87 bits per heavy atom. The number of carbonyl (C=O) groups excluding carboxylic acids is 2. The van der Waals surface area contributed by atoms with E-state index < -0.39 is 46.3 Å². The second-order valence-corrected chi connectivity index (χ2v) is 6.76. The van der Waals surface area contributed by atoms with Crippen LogP contribution in [0.15, 0.2) is 48.5 Å². The first-order chi connectivity index (χ1) is 14.5. The molecule has 0 radical (unpaired) electrons. The lowest BCUT2D eigenvalue weighted by Crippen LogP contribution is -2.72. The molecule has 0 bridgehead atoms. The number of carbonyl (C=O) groups is 2. The van der Waals surface area contributed by atoms with E-state index in [0.717, 1.165) is 12.1 Å². The van der Waals surface area contributed by atoms with Gasteiger partial charge >= 0.3 is 12.2 Å². The average Bonchev–Trinajstić information content (AvgIpc) is 2.72. The molecule has 1 aliphatic rings. The number of hydrogen-bond acceptors (Lipinski definition) is 6. The molecule has 0 aromatic heterocycles. The number of Topliss-reactive ketones (excluding diaryl/α,β-unsaturated/α-hetero) is 1. The van der Waals surface area contributed by atoms with Crippen molar-refractivity contribution in [2.45, 2.75) is 17.9 Å². The minimum absolute atomic E-state index is 0.154. The molecule has 2 amide bonds. The predicted octanol–water partition coefficient (Wildman–Crippen LogP) is 2.71. The van der Waals surface area contributed by atoms with Gasteiger partial charge in [0.1, 0.15) is 11.7 Å². The molecule has 2 aromatic carbocycles. The summed E-state index contributed by atoms with van der Waals surface area (Å²) < 4.78 is 46.6. The molecular formula is C19H16F3N3O6. The highest BCUT2D eigenvalue weighted by molar-refractivity contribution is 6.00. The first-order valence-electron chi connectivity index (χ1n) is 8.78. The van der Waals surface area contributed by atoms with Gasteiger partial charge in [-0.05, 0) is 29.8 Å². The quantitative estimate of drug-likeness (QED) is 0.373. The van der Waals surface area contributed by atoms with Crippen molar-refractivity contribution < 1.29 is 37.5 Å². The summed E-state index contributed by atoms with van der Waals surface area (Å²) in [7, 11) is 1.36. The molecule has 3 atom stereocenters. The van der Waals surface area contributed by atoms with E-state index >= 15 is 0 Å².